The van der Waals surface area contributed by atoms with Crippen LogP contribution in [-0.4, -0.2) is 37.4 Å². The van der Waals surface area contributed by atoms with Gasteiger partial charge in [-0.25, -0.2) is 14.8 Å². The highest BCUT2D eigenvalue weighted by Crippen LogP contribution is 2.31. The zero-order valence-corrected chi connectivity index (χ0v) is 15.6. The number of imide groups is 1. The van der Waals surface area contributed by atoms with E-state index < -0.39 is 23.4 Å². The number of imidazole rings is 1. The van der Waals surface area contributed by atoms with Crippen molar-refractivity contribution in [2.24, 2.45) is 0 Å². The lowest BCUT2D eigenvalue weighted by molar-refractivity contribution is -0.133. The van der Waals surface area contributed by atoms with E-state index >= 15 is 0 Å². The molecule has 1 aliphatic heterocycles. The molecule has 0 bridgehead atoms. The van der Waals surface area contributed by atoms with Gasteiger partial charge in [0.05, 0.1) is 5.56 Å². The Hall–Kier alpha value is -4.01. The Balaban J connectivity index is 1.54. The Bertz CT molecular complexity index is 1050. The molecule has 3 heterocycles. The van der Waals surface area contributed by atoms with E-state index in [1.54, 1.807) is 66.6 Å². The van der Waals surface area contributed by atoms with Crippen molar-refractivity contribution in [3.8, 4) is 5.82 Å². The van der Waals surface area contributed by atoms with Crippen LogP contribution in [0, 0.1) is 0 Å². The number of aromatic nitrogens is 3. The van der Waals surface area contributed by atoms with Gasteiger partial charge in [-0.3, -0.25) is 19.6 Å². The van der Waals surface area contributed by atoms with Crippen LogP contribution in [0.2, 0.25) is 0 Å². The highest BCUT2D eigenvalue weighted by Gasteiger charge is 2.52. The predicted octanol–water partition coefficient (Wildman–Crippen LogP) is 1.77. The number of carbonyl (C=O) groups excluding carboxylic acids is 3. The summed E-state index contributed by atoms with van der Waals surface area (Å²) in [5.74, 6) is -0.561. The molecule has 9 heteroatoms. The number of carbonyl (C=O) groups is 3. The minimum atomic E-state index is -1.21. The minimum Gasteiger partial charge on any atom is -0.318 e. The monoisotopic (exact) mass is 390 g/mol. The number of hydrogen-bond donors (Lipinski definition) is 2. The molecule has 1 aliphatic rings. The smallest absolute Gasteiger partial charge is 0.318 e. The van der Waals surface area contributed by atoms with Crippen LogP contribution in [0.15, 0.2) is 67.4 Å². The van der Waals surface area contributed by atoms with Crippen LogP contribution < -0.4 is 10.7 Å². The summed E-state index contributed by atoms with van der Waals surface area (Å²) in [5, 5.41) is 3.44. The number of hydrazine groups is 1. The zero-order valence-electron chi connectivity index (χ0n) is 15.6. The molecule has 146 valence electrons. The van der Waals surface area contributed by atoms with Gasteiger partial charge >= 0.3 is 6.03 Å². The van der Waals surface area contributed by atoms with Gasteiger partial charge in [0.25, 0.3) is 11.8 Å². The third-order valence-corrected chi connectivity index (χ3v) is 4.88. The van der Waals surface area contributed by atoms with Crippen molar-refractivity contribution in [1.29, 1.82) is 0 Å². The quantitative estimate of drug-likeness (QED) is 0.646. The number of pyridine rings is 1. The molecule has 2 N–H and O–H groups in total. The molecule has 9 nitrogen and oxygen atoms in total. The molecule has 1 fully saturated rings. The van der Waals surface area contributed by atoms with E-state index in [1.165, 1.54) is 6.20 Å². The Morgan fingerprint density at radius 3 is 2.59 bits per heavy atom. The van der Waals surface area contributed by atoms with Crippen molar-refractivity contribution in [2.45, 2.75) is 18.9 Å². The molecule has 1 atom stereocenters. The maximum absolute atomic E-state index is 13.0. The van der Waals surface area contributed by atoms with Crippen LogP contribution in [0.25, 0.3) is 5.82 Å². The molecule has 1 saturated heterocycles. The van der Waals surface area contributed by atoms with E-state index in [0.717, 1.165) is 5.01 Å². The van der Waals surface area contributed by atoms with Gasteiger partial charge < -0.3 is 5.32 Å². The second kappa shape index (κ2) is 7.19. The van der Waals surface area contributed by atoms with E-state index in [0.29, 0.717) is 17.8 Å². The summed E-state index contributed by atoms with van der Waals surface area (Å²) in [6.07, 6.45) is 6.64. The van der Waals surface area contributed by atoms with Crippen LogP contribution in [0.1, 0.15) is 29.3 Å². The summed E-state index contributed by atoms with van der Waals surface area (Å²) >= 11 is 0. The minimum absolute atomic E-state index is 0.211. The molecule has 0 saturated carbocycles. The first-order valence-electron chi connectivity index (χ1n) is 9.03. The van der Waals surface area contributed by atoms with Crippen LogP contribution in [0.3, 0.4) is 0 Å². The molecule has 3 aromatic rings. The summed E-state index contributed by atoms with van der Waals surface area (Å²) in [6.45, 7) is 1.80. The predicted molar refractivity (Wildman–Crippen MR) is 103 cm³/mol. The molecule has 4 amide bonds. The lowest BCUT2D eigenvalue weighted by Gasteiger charge is -2.25. The standard InChI is InChI=1S/C20H18N6O3/c1-2-20(15-6-4-3-5-7-15)18(28)26(19(29)23-20)24-17(27)14-8-9-16(22-12-14)25-11-10-21-13-25/h3-13H,2H2,1H3,(H,23,29)(H,24,27)/t20-/m1/s1. The third-order valence-electron chi connectivity index (χ3n) is 4.88. The Morgan fingerprint density at radius 2 is 1.97 bits per heavy atom. The molecular weight excluding hydrogens is 372 g/mol. The summed E-state index contributed by atoms with van der Waals surface area (Å²) in [4.78, 5) is 46.2. The molecule has 2 aromatic heterocycles. The molecule has 1 aromatic carbocycles. The second-order valence-electron chi connectivity index (χ2n) is 6.51. The lowest BCUT2D eigenvalue weighted by Crippen LogP contribution is -2.48. The Labute approximate surface area is 166 Å². The van der Waals surface area contributed by atoms with Crippen LogP contribution in [-0.2, 0) is 10.3 Å². The summed E-state index contributed by atoms with van der Waals surface area (Å²) in [5.41, 5.74) is 2.04. The average Bonchev–Trinajstić information content (AvgIpc) is 3.38. The van der Waals surface area contributed by atoms with Crippen molar-refractivity contribution in [3.05, 3.63) is 78.5 Å². The zero-order chi connectivity index (χ0) is 20.4. The van der Waals surface area contributed by atoms with E-state index in [9.17, 15) is 14.4 Å². The molecule has 0 aliphatic carbocycles. The molecule has 29 heavy (non-hydrogen) atoms. The van der Waals surface area contributed by atoms with Gasteiger partial charge in [0.1, 0.15) is 17.7 Å². The normalized spacial score (nSPS) is 18.6. The van der Waals surface area contributed by atoms with Gasteiger partial charge in [-0.15, -0.1) is 0 Å². The first-order chi connectivity index (χ1) is 14.0. The number of urea groups is 1. The molecule has 0 spiro atoms. The van der Waals surface area contributed by atoms with Crippen molar-refractivity contribution < 1.29 is 14.4 Å². The SMILES string of the molecule is CC[C@]1(c2ccccc2)NC(=O)N(NC(=O)c2ccc(-n3ccnc3)nc2)C1=O. The van der Waals surface area contributed by atoms with E-state index in [-0.39, 0.29) is 5.56 Å². The van der Waals surface area contributed by atoms with Crippen molar-refractivity contribution in [1.82, 2.24) is 30.3 Å². The summed E-state index contributed by atoms with van der Waals surface area (Å²) < 4.78 is 1.69. The summed E-state index contributed by atoms with van der Waals surface area (Å²) in [7, 11) is 0. The maximum atomic E-state index is 13.0. The first kappa shape index (κ1) is 18.4. The summed E-state index contributed by atoms with van der Waals surface area (Å²) in [6, 6.07) is 11.5. The van der Waals surface area contributed by atoms with Gasteiger partial charge in [0.2, 0.25) is 0 Å². The molecule has 0 radical (unpaired) electrons. The molecular formula is C20H18N6O3. The van der Waals surface area contributed by atoms with E-state index in [2.05, 4.69) is 20.7 Å². The third kappa shape index (κ3) is 3.12. The number of rotatable bonds is 5. The van der Waals surface area contributed by atoms with Crippen LogP contribution >= 0.6 is 0 Å². The molecule has 0 unspecified atom stereocenters. The number of hydrogen-bond acceptors (Lipinski definition) is 5. The van der Waals surface area contributed by atoms with E-state index in [4.69, 9.17) is 0 Å². The van der Waals surface area contributed by atoms with E-state index in [1.807, 2.05) is 6.07 Å². The Morgan fingerprint density at radius 1 is 1.17 bits per heavy atom. The van der Waals surface area contributed by atoms with Crippen molar-refractivity contribution in [2.75, 3.05) is 0 Å². The molecule has 4 rings (SSSR count). The number of nitrogens with zero attached hydrogens (tertiary/aromatic N) is 4. The number of amides is 4. The van der Waals surface area contributed by atoms with Gasteiger partial charge in [-0.2, -0.15) is 5.01 Å². The van der Waals surface area contributed by atoms with Gasteiger partial charge in [0, 0.05) is 18.6 Å². The highest BCUT2D eigenvalue weighted by molar-refractivity contribution is 6.09. The van der Waals surface area contributed by atoms with Crippen molar-refractivity contribution >= 4 is 17.8 Å². The lowest BCUT2D eigenvalue weighted by atomic mass is 9.87. The van der Waals surface area contributed by atoms with Crippen LogP contribution in [0.4, 0.5) is 4.79 Å². The van der Waals surface area contributed by atoms with Crippen LogP contribution in [0.5, 0.6) is 0 Å². The van der Waals surface area contributed by atoms with Crippen molar-refractivity contribution in [3.63, 3.8) is 0 Å². The maximum Gasteiger partial charge on any atom is 0.344 e. The second-order valence-corrected chi connectivity index (χ2v) is 6.51. The first-order valence-corrected chi connectivity index (χ1v) is 9.03. The number of nitrogens with one attached hydrogen (secondary N) is 2. The van der Waals surface area contributed by atoms with Gasteiger partial charge in [-0.1, -0.05) is 37.3 Å². The largest absolute Gasteiger partial charge is 0.344 e. The average molecular weight is 390 g/mol. The highest BCUT2D eigenvalue weighted by atomic mass is 16.2. The Kier molecular flexibility index (Phi) is 4.55. The fourth-order valence-corrected chi connectivity index (χ4v) is 3.27. The number of benzene rings is 1. The fraction of sp³-hybridized carbons (Fsp3) is 0.150. The topological polar surface area (TPSA) is 109 Å². The fourth-order valence-electron chi connectivity index (χ4n) is 3.27. The van der Waals surface area contributed by atoms with Gasteiger partial charge in [0.15, 0.2) is 0 Å². The van der Waals surface area contributed by atoms with Gasteiger partial charge in [-0.05, 0) is 24.1 Å².